The summed E-state index contributed by atoms with van der Waals surface area (Å²) in [4.78, 5) is 25.6. The highest BCUT2D eigenvalue weighted by atomic mass is 35.5. The molecule has 0 radical (unpaired) electrons. The van der Waals surface area contributed by atoms with E-state index in [0.29, 0.717) is 27.8 Å². The Morgan fingerprint density at radius 1 is 1.04 bits per heavy atom. The Hall–Kier alpha value is -3.25. The number of halogens is 1. The van der Waals surface area contributed by atoms with Gasteiger partial charge in [-0.15, -0.1) is 0 Å². The predicted molar refractivity (Wildman–Crippen MR) is 101 cm³/mol. The predicted octanol–water partition coefficient (Wildman–Crippen LogP) is 3.79. The average molecular weight is 364 g/mol. The van der Waals surface area contributed by atoms with Gasteiger partial charge in [0.15, 0.2) is 5.65 Å². The van der Waals surface area contributed by atoms with E-state index in [1.165, 1.54) is 0 Å². The molecule has 0 aliphatic carbocycles. The fraction of sp³-hybridized carbons (Fsp3) is 0.0526. The number of carbonyl (C=O) groups is 1. The topological polar surface area (TPSA) is 72.7 Å². The van der Waals surface area contributed by atoms with Crippen molar-refractivity contribution < 1.29 is 4.79 Å². The summed E-state index contributed by atoms with van der Waals surface area (Å²) in [5.41, 5.74) is 2.17. The van der Waals surface area contributed by atoms with E-state index in [1.54, 1.807) is 35.2 Å². The van der Waals surface area contributed by atoms with Crippen LogP contribution in [0.4, 0.5) is 5.82 Å². The van der Waals surface area contributed by atoms with Crippen molar-refractivity contribution >= 4 is 34.5 Å². The first-order valence-electron chi connectivity index (χ1n) is 7.99. The summed E-state index contributed by atoms with van der Waals surface area (Å²) in [7, 11) is 0. The maximum atomic E-state index is 12.5. The number of amides is 1. The fourth-order valence-electron chi connectivity index (χ4n) is 2.72. The summed E-state index contributed by atoms with van der Waals surface area (Å²) in [5.74, 6) is 0.925. The van der Waals surface area contributed by atoms with Crippen molar-refractivity contribution in [3.8, 4) is 11.4 Å². The van der Waals surface area contributed by atoms with Crippen LogP contribution in [0.15, 0.2) is 67.0 Å². The van der Waals surface area contributed by atoms with Crippen molar-refractivity contribution in [3.63, 3.8) is 0 Å². The van der Waals surface area contributed by atoms with Crippen molar-refractivity contribution in [2.24, 2.45) is 0 Å². The highest BCUT2D eigenvalue weighted by molar-refractivity contribution is 6.30. The van der Waals surface area contributed by atoms with Crippen LogP contribution in [0.2, 0.25) is 5.02 Å². The molecule has 7 heteroatoms. The zero-order valence-corrected chi connectivity index (χ0v) is 14.4. The van der Waals surface area contributed by atoms with Crippen LogP contribution in [0.1, 0.15) is 0 Å². The molecule has 26 heavy (non-hydrogen) atoms. The normalized spacial score (nSPS) is 10.8. The molecule has 128 valence electrons. The third-order valence-corrected chi connectivity index (χ3v) is 4.06. The second kappa shape index (κ2) is 6.93. The van der Waals surface area contributed by atoms with Gasteiger partial charge in [0.05, 0.1) is 0 Å². The Labute approximate surface area is 154 Å². The molecule has 0 unspecified atom stereocenters. The number of benzene rings is 1. The van der Waals surface area contributed by atoms with E-state index < -0.39 is 0 Å². The monoisotopic (exact) mass is 363 g/mol. The molecule has 0 saturated heterocycles. The number of aromatic nitrogens is 4. The van der Waals surface area contributed by atoms with Crippen LogP contribution in [0, 0.1) is 0 Å². The van der Waals surface area contributed by atoms with Crippen LogP contribution in [-0.2, 0) is 11.3 Å². The molecule has 1 amide bonds. The van der Waals surface area contributed by atoms with Gasteiger partial charge in [-0.2, -0.15) is 0 Å². The standard InChI is InChI=1S/C19H14ClN5O/c20-14-6-3-5-13(11-14)18-23-15-7-4-10-22-19(15)25(18)12-17(26)24-16-8-1-2-9-21-16/h1-11H,12H2,(H,21,24,26). The third-order valence-electron chi connectivity index (χ3n) is 3.82. The van der Waals surface area contributed by atoms with Crippen molar-refractivity contribution in [1.82, 2.24) is 19.5 Å². The number of hydrogen-bond donors (Lipinski definition) is 1. The Morgan fingerprint density at radius 3 is 2.73 bits per heavy atom. The van der Waals surface area contributed by atoms with Gasteiger partial charge < -0.3 is 5.32 Å². The van der Waals surface area contributed by atoms with Crippen molar-refractivity contribution in [3.05, 3.63) is 72.0 Å². The van der Waals surface area contributed by atoms with E-state index in [9.17, 15) is 4.79 Å². The lowest BCUT2D eigenvalue weighted by Gasteiger charge is -2.09. The van der Waals surface area contributed by atoms with Gasteiger partial charge in [-0.1, -0.05) is 29.8 Å². The number of anilines is 1. The number of nitrogens with zero attached hydrogens (tertiary/aromatic N) is 4. The molecule has 0 aliphatic rings. The van der Waals surface area contributed by atoms with Crippen molar-refractivity contribution in [2.75, 3.05) is 5.32 Å². The van der Waals surface area contributed by atoms with E-state index in [2.05, 4.69) is 20.3 Å². The molecule has 3 aromatic heterocycles. The Kier molecular flexibility index (Phi) is 4.33. The van der Waals surface area contributed by atoms with Gasteiger partial charge in [0.25, 0.3) is 0 Å². The lowest BCUT2D eigenvalue weighted by atomic mass is 10.2. The maximum absolute atomic E-state index is 12.5. The molecule has 0 saturated carbocycles. The van der Waals surface area contributed by atoms with Crippen molar-refractivity contribution in [2.45, 2.75) is 6.54 Å². The largest absolute Gasteiger partial charge is 0.309 e. The van der Waals surface area contributed by atoms with Crippen molar-refractivity contribution in [1.29, 1.82) is 0 Å². The van der Waals surface area contributed by atoms with E-state index in [0.717, 1.165) is 5.56 Å². The third kappa shape index (κ3) is 3.27. The molecule has 4 aromatic rings. The molecular weight excluding hydrogens is 350 g/mol. The fourth-order valence-corrected chi connectivity index (χ4v) is 2.91. The summed E-state index contributed by atoms with van der Waals surface area (Å²) in [6.07, 6.45) is 3.31. The number of carbonyl (C=O) groups excluding carboxylic acids is 1. The average Bonchev–Trinajstić information content (AvgIpc) is 3.01. The molecule has 0 bridgehead atoms. The number of fused-ring (bicyclic) bond motifs is 1. The van der Waals surface area contributed by atoms with Crippen LogP contribution >= 0.6 is 11.6 Å². The van der Waals surface area contributed by atoms with Gasteiger partial charge in [-0.25, -0.2) is 15.0 Å². The molecule has 0 spiro atoms. The lowest BCUT2D eigenvalue weighted by molar-refractivity contribution is -0.116. The molecule has 1 aromatic carbocycles. The maximum Gasteiger partial charge on any atom is 0.245 e. The van der Waals surface area contributed by atoms with Gasteiger partial charge >= 0.3 is 0 Å². The van der Waals surface area contributed by atoms with E-state index in [1.807, 2.05) is 36.4 Å². The van der Waals surface area contributed by atoms with Gasteiger partial charge in [-0.3, -0.25) is 9.36 Å². The Balaban J connectivity index is 1.73. The first-order chi connectivity index (χ1) is 12.7. The van der Waals surface area contributed by atoms with Crippen LogP contribution < -0.4 is 5.32 Å². The molecule has 0 aliphatic heterocycles. The first-order valence-corrected chi connectivity index (χ1v) is 8.36. The van der Waals surface area contributed by atoms with E-state index >= 15 is 0 Å². The van der Waals surface area contributed by atoms with Crippen LogP contribution in [0.5, 0.6) is 0 Å². The molecular formula is C19H14ClN5O. The number of rotatable bonds is 4. The summed E-state index contributed by atoms with van der Waals surface area (Å²) in [6.45, 7) is 0.0614. The number of hydrogen-bond acceptors (Lipinski definition) is 4. The van der Waals surface area contributed by atoms with Gasteiger partial charge in [0.2, 0.25) is 5.91 Å². The minimum atomic E-state index is -0.211. The molecule has 1 N–H and O–H groups in total. The van der Waals surface area contributed by atoms with Gasteiger partial charge in [-0.05, 0) is 36.4 Å². The van der Waals surface area contributed by atoms with Gasteiger partial charge in [0, 0.05) is 23.0 Å². The molecule has 0 atom stereocenters. The minimum absolute atomic E-state index is 0.0614. The second-order valence-electron chi connectivity index (χ2n) is 5.64. The smallest absolute Gasteiger partial charge is 0.245 e. The van der Waals surface area contributed by atoms with Crippen LogP contribution in [0.25, 0.3) is 22.6 Å². The quantitative estimate of drug-likeness (QED) is 0.598. The minimum Gasteiger partial charge on any atom is -0.309 e. The van der Waals surface area contributed by atoms with Gasteiger partial charge in [0.1, 0.15) is 23.7 Å². The molecule has 3 heterocycles. The Bertz CT molecular complexity index is 1080. The van der Waals surface area contributed by atoms with E-state index in [-0.39, 0.29) is 12.5 Å². The summed E-state index contributed by atoms with van der Waals surface area (Å²) < 4.78 is 1.78. The number of nitrogens with one attached hydrogen (secondary N) is 1. The number of pyridine rings is 2. The molecule has 4 rings (SSSR count). The zero-order chi connectivity index (χ0) is 17.9. The summed E-state index contributed by atoms with van der Waals surface area (Å²) in [5, 5.41) is 3.39. The summed E-state index contributed by atoms with van der Waals surface area (Å²) >= 11 is 6.12. The van der Waals surface area contributed by atoms with Crippen LogP contribution in [-0.4, -0.2) is 25.4 Å². The zero-order valence-electron chi connectivity index (χ0n) is 13.6. The lowest BCUT2D eigenvalue weighted by Crippen LogP contribution is -2.20. The second-order valence-corrected chi connectivity index (χ2v) is 6.08. The summed E-state index contributed by atoms with van der Waals surface area (Å²) in [6, 6.07) is 16.4. The highest BCUT2D eigenvalue weighted by Crippen LogP contribution is 2.25. The molecule has 6 nitrogen and oxygen atoms in total. The Morgan fingerprint density at radius 2 is 1.92 bits per heavy atom. The van der Waals surface area contributed by atoms with E-state index in [4.69, 9.17) is 11.6 Å². The highest BCUT2D eigenvalue weighted by Gasteiger charge is 2.16. The first kappa shape index (κ1) is 16.2. The number of imidazole rings is 1. The van der Waals surface area contributed by atoms with Crippen LogP contribution in [0.3, 0.4) is 0 Å². The molecule has 0 fully saturated rings. The SMILES string of the molecule is O=C(Cn1c(-c2cccc(Cl)c2)nc2cccnc21)Nc1ccccn1.